The van der Waals surface area contributed by atoms with Crippen molar-refractivity contribution >= 4 is 88.1 Å². The summed E-state index contributed by atoms with van der Waals surface area (Å²) in [6.07, 6.45) is 9.27. The zero-order chi connectivity index (χ0) is 30.3. The van der Waals surface area contributed by atoms with Gasteiger partial charge in [0.05, 0.1) is 13.2 Å². The maximum Gasteiger partial charge on any atom is 0.479 e. The molecule has 236 valence electrons. The molecule has 0 aliphatic rings. The maximum atomic E-state index is 12.5. The molecule has 0 rings (SSSR count). The minimum atomic E-state index is -3.28. The van der Waals surface area contributed by atoms with Crippen LogP contribution in [-0.2, 0) is 43.8 Å². The molecular weight excluding hydrogens is 649 g/mol. The van der Waals surface area contributed by atoms with Gasteiger partial charge in [0, 0.05) is 12.2 Å². The fourth-order valence-electron chi connectivity index (χ4n) is 4.48. The van der Waals surface area contributed by atoms with Crippen LogP contribution in [0.15, 0.2) is 12.2 Å². The standard InChI is InChI=1S/C22H56O10Si8/c1-9-10-11-12-13-14-18-25-20(23)15-16-21(24)26-19-17-22(2,39(27-33-3,28-34-4)29-35-5)40(30-36-6,31-37-7)32-38-8/h15-16H,9-14,17-19,33-38H2,1-8H3/b16-15+. The molecule has 0 saturated carbocycles. The van der Waals surface area contributed by atoms with Gasteiger partial charge in [-0.2, -0.15) is 0 Å². The van der Waals surface area contributed by atoms with Gasteiger partial charge in [-0.25, -0.2) is 9.59 Å². The number of carbonyl (C=O) groups excluding carboxylic acids is 2. The van der Waals surface area contributed by atoms with E-state index < -0.39 is 92.8 Å². The van der Waals surface area contributed by atoms with Crippen LogP contribution in [0.4, 0.5) is 0 Å². The van der Waals surface area contributed by atoms with Crippen LogP contribution in [0.5, 0.6) is 0 Å². The summed E-state index contributed by atoms with van der Waals surface area (Å²) in [5, 5.41) is 0. The second-order valence-electron chi connectivity index (χ2n) is 9.23. The molecule has 0 N–H and O–H groups in total. The first kappa shape index (κ1) is 40.2. The highest BCUT2D eigenvalue weighted by Gasteiger charge is 2.72. The Morgan fingerprint density at radius 3 is 1.32 bits per heavy atom. The Kier molecular flexibility index (Phi) is 23.7. The molecule has 40 heavy (non-hydrogen) atoms. The Morgan fingerprint density at radius 2 is 0.950 bits per heavy atom. The van der Waals surface area contributed by atoms with E-state index in [4.69, 9.17) is 34.2 Å². The van der Waals surface area contributed by atoms with E-state index in [9.17, 15) is 9.59 Å². The monoisotopic (exact) mass is 704 g/mol. The van der Waals surface area contributed by atoms with Gasteiger partial charge in [0.1, 0.15) is 63.2 Å². The topological polar surface area (TPSA) is 108 Å². The van der Waals surface area contributed by atoms with Crippen molar-refractivity contribution in [1.29, 1.82) is 0 Å². The molecule has 18 heteroatoms. The van der Waals surface area contributed by atoms with Crippen LogP contribution in [-0.4, -0.2) is 101 Å². The summed E-state index contributed by atoms with van der Waals surface area (Å²) < 4.78 is 49.4. The van der Waals surface area contributed by atoms with Crippen LogP contribution < -0.4 is 0 Å². The smallest absolute Gasteiger partial charge is 0.463 e. The van der Waals surface area contributed by atoms with Gasteiger partial charge in [0.2, 0.25) is 0 Å². The van der Waals surface area contributed by atoms with Gasteiger partial charge in [0.15, 0.2) is 0 Å². The van der Waals surface area contributed by atoms with Crippen LogP contribution in [0.25, 0.3) is 0 Å². The second-order valence-corrected chi connectivity index (χ2v) is 24.6. The predicted molar refractivity (Wildman–Crippen MR) is 182 cm³/mol. The average molecular weight is 705 g/mol. The third kappa shape index (κ3) is 13.2. The molecule has 0 amide bonds. The van der Waals surface area contributed by atoms with Gasteiger partial charge < -0.3 is 34.2 Å². The van der Waals surface area contributed by atoms with E-state index >= 15 is 0 Å². The lowest BCUT2D eigenvalue weighted by Crippen LogP contribution is -2.71. The molecular formula is C22H56O10Si8. The van der Waals surface area contributed by atoms with Crippen molar-refractivity contribution in [1.82, 2.24) is 0 Å². The van der Waals surface area contributed by atoms with Crippen LogP contribution in [0.2, 0.25) is 43.9 Å². The van der Waals surface area contributed by atoms with Crippen LogP contribution in [0, 0.1) is 0 Å². The van der Waals surface area contributed by atoms with Crippen LogP contribution in [0.1, 0.15) is 58.8 Å². The Morgan fingerprint density at radius 1 is 0.600 bits per heavy atom. The SMILES string of the molecule is CCCCCCCCOC(=O)/C=C/C(=O)OCCC(C)([Si](O[SiH2]C)(O[SiH2]C)O[SiH2]C)[Si](O[SiH2]C)(O[SiH2]C)O[SiH2]C. The van der Waals surface area contributed by atoms with Gasteiger partial charge >= 0.3 is 29.5 Å². The zero-order valence-electron chi connectivity index (χ0n) is 26.3. The van der Waals surface area contributed by atoms with E-state index in [1.165, 1.54) is 19.3 Å². The van der Waals surface area contributed by atoms with Crippen molar-refractivity contribution in [2.45, 2.75) is 103 Å². The summed E-state index contributed by atoms with van der Waals surface area (Å²) in [6.45, 7) is 17.1. The summed E-state index contributed by atoms with van der Waals surface area (Å²) in [4.78, 5) is 24.6. The molecule has 0 aromatic carbocycles. The zero-order valence-corrected chi connectivity index (χ0v) is 36.8. The highest BCUT2D eigenvalue weighted by atomic mass is 28.5. The van der Waals surface area contributed by atoms with Gasteiger partial charge in [0.25, 0.3) is 0 Å². The summed E-state index contributed by atoms with van der Waals surface area (Å²) in [5.41, 5.74) is 0. The molecule has 0 spiro atoms. The third-order valence-electron chi connectivity index (χ3n) is 6.30. The number of rotatable bonds is 26. The van der Waals surface area contributed by atoms with Crippen molar-refractivity contribution < 1.29 is 43.8 Å². The van der Waals surface area contributed by atoms with E-state index in [0.717, 1.165) is 31.4 Å². The maximum absolute atomic E-state index is 12.5. The summed E-state index contributed by atoms with van der Waals surface area (Å²) in [7, 11) is -12.0. The fraction of sp³-hybridized carbons (Fsp3) is 0.818. The lowest BCUT2D eigenvalue weighted by atomic mass is 10.1. The molecule has 0 bridgehead atoms. The number of carbonyl (C=O) groups is 2. The van der Waals surface area contributed by atoms with E-state index in [2.05, 4.69) is 53.1 Å². The quantitative estimate of drug-likeness (QED) is 0.0546. The lowest BCUT2D eigenvalue weighted by Gasteiger charge is -2.51. The lowest BCUT2D eigenvalue weighted by molar-refractivity contribution is -0.140. The Bertz CT molecular complexity index is 659. The number of hydrogen-bond donors (Lipinski definition) is 0. The molecule has 0 aromatic rings. The normalized spacial score (nSPS) is 18.1. The number of esters is 2. The third-order valence-corrected chi connectivity index (χ3v) is 27.4. The Balaban J connectivity index is 5.64. The van der Waals surface area contributed by atoms with Crippen LogP contribution in [0.3, 0.4) is 0 Å². The molecule has 0 aliphatic heterocycles. The first-order chi connectivity index (χ1) is 19.2. The van der Waals surface area contributed by atoms with Crippen molar-refractivity contribution in [3.8, 4) is 0 Å². The molecule has 0 saturated heterocycles. The van der Waals surface area contributed by atoms with Crippen molar-refractivity contribution in [2.24, 2.45) is 0 Å². The van der Waals surface area contributed by atoms with E-state index in [0.29, 0.717) is 13.0 Å². The molecule has 0 aromatic heterocycles. The van der Waals surface area contributed by atoms with Gasteiger partial charge in [-0.15, -0.1) is 0 Å². The van der Waals surface area contributed by atoms with Crippen molar-refractivity contribution in [2.75, 3.05) is 13.2 Å². The number of hydrogen-bond acceptors (Lipinski definition) is 10. The van der Waals surface area contributed by atoms with Gasteiger partial charge in [-0.1, -0.05) is 85.2 Å². The highest BCUT2D eigenvalue weighted by Crippen LogP contribution is 2.51. The minimum absolute atomic E-state index is 0.0752. The molecule has 10 nitrogen and oxygen atoms in total. The fourth-order valence-corrected chi connectivity index (χ4v) is 34.0. The largest absolute Gasteiger partial charge is 0.479 e. The first-order valence-electron chi connectivity index (χ1n) is 15.1. The molecule has 0 unspecified atom stereocenters. The molecule has 0 aliphatic carbocycles. The Labute approximate surface area is 259 Å². The Hall–Kier alpha value is 0.175. The van der Waals surface area contributed by atoms with Crippen LogP contribution >= 0.6 is 0 Å². The van der Waals surface area contributed by atoms with Crippen molar-refractivity contribution in [3.63, 3.8) is 0 Å². The number of ether oxygens (including phenoxy) is 2. The first-order valence-corrected chi connectivity index (χ1v) is 30.5. The van der Waals surface area contributed by atoms with Gasteiger partial charge in [-0.3, -0.25) is 0 Å². The predicted octanol–water partition coefficient (Wildman–Crippen LogP) is 0.448. The molecule has 0 heterocycles. The van der Waals surface area contributed by atoms with E-state index in [-0.39, 0.29) is 6.61 Å². The summed E-state index contributed by atoms with van der Waals surface area (Å²) in [5.74, 6) is -1.15. The average Bonchev–Trinajstić information content (AvgIpc) is 2.92. The highest BCUT2D eigenvalue weighted by molar-refractivity contribution is 6.93. The van der Waals surface area contributed by atoms with Crippen molar-refractivity contribution in [3.05, 3.63) is 12.2 Å². The summed E-state index contributed by atoms with van der Waals surface area (Å²) >= 11 is 0. The van der Waals surface area contributed by atoms with E-state index in [1.807, 2.05) is 0 Å². The molecule has 0 fully saturated rings. The minimum Gasteiger partial charge on any atom is -0.463 e. The second kappa shape index (κ2) is 23.6. The summed E-state index contributed by atoms with van der Waals surface area (Å²) in [6, 6.07) is 0. The molecule has 0 radical (unpaired) electrons. The van der Waals surface area contributed by atoms with E-state index in [1.54, 1.807) is 0 Å². The molecule has 0 atom stereocenters. The van der Waals surface area contributed by atoms with Gasteiger partial charge in [-0.05, 0) is 12.8 Å². The number of unbranched alkanes of at least 4 members (excludes halogenated alkanes) is 5.